The van der Waals surface area contributed by atoms with E-state index in [9.17, 15) is 4.79 Å². The Morgan fingerprint density at radius 1 is 1.17 bits per heavy atom. The molecule has 1 unspecified atom stereocenters. The summed E-state index contributed by atoms with van der Waals surface area (Å²) in [4.78, 5) is 17.4. The Morgan fingerprint density at radius 2 is 1.89 bits per heavy atom. The average Bonchev–Trinajstić information content (AvgIpc) is 3.25. The lowest BCUT2D eigenvalue weighted by molar-refractivity contribution is -0.136. The molecule has 7 nitrogen and oxygen atoms in total. The third-order valence-electron chi connectivity index (χ3n) is 5.61. The summed E-state index contributed by atoms with van der Waals surface area (Å²) < 4.78 is 12.8. The fourth-order valence-corrected chi connectivity index (χ4v) is 5.17. The molecule has 0 fully saturated rings. The number of fused-ring (bicyclic) bond motifs is 1. The van der Waals surface area contributed by atoms with E-state index < -0.39 is 12.0 Å². The van der Waals surface area contributed by atoms with Crippen LogP contribution in [0, 0.1) is 0 Å². The summed E-state index contributed by atoms with van der Waals surface area (Å²) in [5.74, 6) is 1.75. The minimum Gasteiger partial charge on any atom is -0.489 e. The molecule has 1 N–H and O–H groups in total. The van der Waals surface area contributed by atoms with Gasteiger partial charge in [0, 0.05) is 27.1 Å². The lowest BCUT2D eigenvalue weighted by Gasteiger charge is -2.27. The quantitative estimate of drug-likeness (QED) is 0.191. The van der Waals surface area contributed by atoms with E-state index in [1.807, 2.05) is 31.2 Å². The molecule has 0 saturated heterocycles. The number of halogens is 2. The average molecular weight is 533 g/mol. The normalized spacial score (nSPS) is 14.9. The second-order valence-corrected chi connectivity index (χ2v) is 9.86. The van der Waals surface area contributed by atoms with Crippen LogP contribution in [-0.4, -0.2) is 33.6 Å². The molecule has 1 aromatic heterocycles. The molecule has 0 radical (unpaired) electrons. The van der Waals surface area contributed by atoms with E-state index in [1.54, 1.807) is 34.6 Å². The van der Waals surface area contributed by atoms with Crippen LogP contribution in [0.3, 0.4) is 0 Å². The number of aromatic nitrogens is 3. The molecule has 0 saturated carbocycles. The van der Waals surface area contributed by atoms with Gasteiger partial charge in [-0.1, -0.05) is 66.5 Å². The fourth-order valence-electron chi connectivity index (χ4n) is 3.75. The maximum absolute atomic E-state index is 12.7. The number of carbonyl (C=O) groups is 1. The number of allylic oxidation sites excluding steroid dienone is 1. The molecule has 10 heteroatoms. The van der Waals surface area contributed by atoms with E-state index in [0.717, 1.165) is 29.7 Å². The van der Waals surface area contributed by atoms with Gasteiger partial charge >= 0.3 is 5.97 Å². The number of nitrogens with one attached hydrogen (secondary N) is 1. The first kappa shape index (κ1) is 25.4. The first-order chi connectivity index (χ1) is 16.9. The maximum Gasteiger partial charge on any atom is 0.338 e. The molecule has 184 valence electrons. The Morgan fingerprint density at radius 3 is 2.54 bits per heavy atom. The highest BCUT2D eigenvalue weighted by atomic mass is 35.5. The standard InChI is InChI=1S/C25H26Cl2N4O3S/c1-4-5-13-35-25-29-24-28-15(2)21(23(32)33-3)22(31(24)30-25)16-9-11-17(12-10-16)34-14-18-19(26)7-6-8-20(18)27/h6-12,22H,4-5,13-14H2,1-3H3,(H,28,29,30). The van der Waals surface area contributed by atoms with E-state index in [0.29, 0.717) is 38.2 Å². The zero-order valence-electron chi connectivity index (χ0n) is 19.7. The monoisotopic (exact) mass is 532 g/mol. The molecular weight excluding hydrogens is 507 g/mol. The number of carbonyl (C=O) groups excluding carboxylic acids is 1. The van der Waals surface area contributed by atoms with Gasteiger partial charge in [-0.25, -0.2) is 9.48 Å². The smallest absolute Gasteiger partial charge is 0.338 e. The Balaban J connectivity index is 1.61. The summed E-state index contributed by atoms with van der Waals surface area (Å²) in [5, 5.41) is 9.68. The summed E-state index contributed by atoms with van der Waals surface area (Å²) >= 11 is 14.1. The van der Waals surface area contributed by atoms with Gasteiger partial charge in [0.25, 0.3) is 0 Å². The van der Waals surface area contributed by atoms with Crippen LogP contribution in [-0.2, 0) is 16.1 Å². The molecule has 4 rings (SSSR count). The van der Waals surface area contributed by atoms with Gasteiger partial charge in [0.15, 0.2) is 0 Å². The minimum atomic E-state index is -0.487. The number of benzene rings is 2. The number of rotatable bonds is 9. The van der Waals surface area contributed by atoms with Crippen LogP contribution < -0.4 is 10.1 Å². The van der Waals surface area contributed by atoms with Crippen LogP contribution in [0.25, 0.3) is 0 Å². The van der Waals surface area contributed by atoms with Gasteiger partial charge < -0.3 is 14.8 Å². The highest BCUT2D eigenvalue weighted by Gasteiger charge is 2.35. The molecule has 2 heterocycles. The fraction of sp³-hybridized carbons (Fsp3) is 0.320. The lowest BCUT2D eigenvalue weighted by Crippen LogP contribution is -2.29. The Labute approximate surface area is 218 Å². The molecule has 2 aromatic carbocycles. The van der Waals surface area contributed by atoms with Crippen LogP contribution in [0.5, 0.6) is 5.75 Å². The van der Waals surface area contributed by atoms with Crippen LogP contribution >= 0.6 is 35.0 Å². The van der Waals surface area contributed by atoms with Crippen molar-refractivity contribution in [2.45, 2.75) is 44.5 Å². The second-order valence-electron chi connectivity index (χ2n) is 7.98. The predicted octanol–water partition coefficient (Wildman–Crippen LogP) is 6.52. The first-order valence-electron chi connectivity index (χ1n) is 11.2. The molecule has 0 aliphatic carbocycles. The van der Waals surface area contributed by atoms with Gasteiger partial charge in [0.05, 0.1) is 12.7 Å². The molecule has 0 amide bonds. The van der Waals surface area contributed by atoms with Crippen LogP contribution in [0.15, 0.2) is 58.9 Å². The van der Waals surface area contributed by atoms with Crippen molar-refractivity contribution < 1.29 is 14.3 Å². The van der Waals surface area contributed by atoms with E-state index >= 15 is 0 Å². The third-order valence-corrected chi connectivity index (χ3v) is 7.24. The highest BCUT2D eigenvalue weighted by molar-refractivity contribution is 7.99. The topological polar surface area (TPSA) is 78.3 Å². The van der Waals surface area contributed by atoms with Gasteiger partial charge in [-0.05, 0) is 43.2 Å². The SMILES string of the molecule is CCCCSc1nc2n(n1)C(c1ccc(OCc3c(Cl)cccc3Cl)cc1)C(C(=O)OC)=C(C)N2. The molecule has 1 atom stereocenters. The van der Waals surface area contributed by atoms with Crippen molar-refractivity contribution in [3.63, 3.8) is 0 Å². The van der Waals surface area contributed by atoms with Crippen molar-refractivity contribution in [1.29, 1.82) is 0 Å². The number of anilines is 1. The Hall–Kier alpha value is -2.68. The zero-order valence-corrected chi connectivity index (χ0v) is 22.0. The maximum atomic E-state index is 12.7. The van der Waals surface area contributed by atoms with Gasteiger partial charge in [0.2, 0.25) is 11.1 Å². The van der Waals surface area contributed by atoms with Crippen LogP contribution in [0.1, 0.15) is 43.9 Å². The van der Waals surface area contributed by atoms with E-state index in [4.69, 9.17) is 37.8 Å². The molecule has 0 spiro atoms. The van der Waals surface area contributed by atoms with Crippen molar-refractivity contribution in [3.05, 3.63) is 74.9 Å². The largest absolute Gasteiger partial charge is 0.489 e. The van der Waals surface area contributed by atoms with Gasteiger partial charge in [-0.15, -0.1) is 5.10 Å². The van der Waals surface area contributed by atoms with E-state index in [1.165, 1.54) is 7.11 Å². The number of thioether (sulfide) groups is 1. The van der Waals surface area contributed by atoms with Gasteiger partial charge in [-0.3, -0.25) is 0 Å². The van der Waals surface area contributed by atoms with Crippen LogP contribution in [0.4, 0.5) is 5.95 Å². The predicted molar refractivity (Wildman–Crippen MR) is 139 cm³/mol. The van der Waals surface area contributed by atoms with Gasteiger partial charge in [0.1, 0.15) is 18.4 Å². The summed E-state index contributed by atoms with van der Waals surface area (Å²) in [6, 6.07) is 12.4. The Kier molecular flexibility index (Phi) is 8.26. The Bertz CT molecular complexity index is 1220. The van der Waals surface area contributed by atoms with Crippen LogP contribution in [0.2, 0.25) is 10.0 Å². The number of nitrogens with zero attached hydrogens (tertiary/aromatic N) is 3. The minimum absolute atomic E-state index is 0.239. The second kappa shape index (κ2) is 11.4. The van der Waals surface area contributed by atoms with E-state index in [2.05, 4.69) is 17.2 Å². The summed E-state index contributed by atoms with van der Waals surface area (Å²) in [5.41, 5.74) is 2.74. The number of unbranched alkanes of at least 4 members (excludes halogenated alkanes) is 1. The molecular formula is C25H26Cl2N4O3S. The number of hydrogen-bond donors (Lipinski definition) is 1. The zero-order chi connectivity index (χ0) is 24.9. The molecule has 35 heavy (non-hydrogen) atoms. The number of methoxy groups -OCH3 is 1. The molecule has 0 bridgehead atoms. The molecule has 1 aliphatic rings. The number of hydrogen-bond acceptors (Lipinski definition) is 7. The number of esters is 1. The third kappa shape index (κ3) is 5.60. The summed E-state index contributed by atoms with van der Waals surface area (Å²) in [7, 11) is 1.37. The number of ether oxygens (including phenoxy) is 2. The summed E-state index contributed by atoms with van der Waals surface area (Å²) in [6.45, 7) is 4.23. The van der Waals surface area contributed by atoms with Crippen molar-refractivity contribution >= 4 is 46.9 Å². The summed E-state index contributed by atoms with van der Waals surface area (Å²) in [6.07, 6.45) is 2.18. The van der Waals surface area contributed by atoms with Crippen molar-refractivity contribution in [2.24, 2.45) is 0 Å². The highest BCUT2D eigenvalue weighted by Crippen LogP contribution is 2.37. The molecule has 1 aliphatic heterocycles. The molecule has 3 aromatic rings. The van der Waals surface area contributed by atoms with E-state index in [-0.39, 0.29) is 6.61 Å². The lowest BCUT2D eigenvalue weighted by atomic mass is 9.96. The van der Waals surface area contributed by atoms with Crippen molar-refractivity contribution in [3.8, 4) is 5.75 Å². The van der Waals surface area contributed by atoms with Gasteiger partial charge in [-0.2, -0.15) is 4.98 Å². The first-order valence-corrected chi connectivity index (χ1v) is 13.0. The van der Waals surface area contributed by atoms with Crippen molar-refractivity contribution in [2.75, 3.05) is 18.2 Å². The van der Waals surface area contributed by atoms with Crippen molar-refractivity contribution in [1.82, 2.24) is 14.8 Å².